The van der Waals surface area contributed by atoms with Crippen LogP contribution in [0.4, 0.5) is 5.69 Å². The van der Waals surface area contributed by atoms with Gasteiger partial charge < -0.3 is 15.0 Å². The molecule has 0 saturated heterocycles. The molecule has 8 nitrogen and oxygen atoms in total. The molecule has 1 saturated carbocycles. The summed E-state index contributed by atoms with van der Waals surface area (Å²) >= 11 is 6.12. The van der Waals surface area contributed by atoms with Crippen molar-refractivity contribution in [3.05, 3.63) is 95.0 Å². The van der Waals surface area contributed by atoms with Crippen molar-refractivity contribution < 1.29 is 22.7 Å². The van der Waals surface area contributed by atoms with E-state index >= 15 is 0 Å². The number of nitrogens with one attached hydrogen (secondary N) is 1. The number of amides is 2. The molecule has 3 aromatic rings. The molecule has 0 radical (unpaired) electrons. The number of sulfonamides is 1. The van der Waals surface area contributed by atoms with Gasteiger partial charge in [-0.15, -0.1) is 0 Å². The predicted octanol–water partition coefficient (Wildman–Crippen LogP) is 5.20. The van der Waals surface area contributed by atoms with E-state index in [4.69, 9.17) is 16.3 Å². The van der Waals surface area contributed by atoms with Crippen molar-refractivity contribution in [1.82, 2.24) is 10.2 Å². The highest BCUT2D eigenvalue weighted by atomic mass is 35.5. The Kier molecular flexibility index (Phi) is 10.9. The summed E-state index contributed by atoms with van der Waals surface area (Å²) in [4.78, 5) is 29.5. The van der Waals surface area contributed by atoms with Gasteiger partial charge in [0, 0.05) is 24.0 Å². The fourth-order valence-corrected chi connectivity index (χ4v) is 6.17. The van der Waals surface area contributed by atoms with Crippen LogP contribution in [0, 0.1) is 0 Å². The summed E-state index contributed by atoms with van der Waals surface area (Å²) in [5, 5.41) is 3.71. The van der Waals surface area contributed by atoms with E-state index in [9.17, 15) is 18.0 Å². The van der Waals surface area contributed by atoms with Crippen molar-refractivity contribution in [3.63, 3.8) is 0 Å². The van der Waals surface area contributed by atoms with Crippen molar-refractivity contribution in [2.45, 2.75) is 57.7 Å². The van der Waals surface area contributed by atoms with Crippen LogP contribution < -0.4 is 14.4 Å². The Balaban J connectivity index is 1.70. The van der Waals surface area contributed by atoms with E-state index in [1.165, 1.54) is 4.90 Å². The fraction of sp³-hybridized carbons (Fsp3) is 0.375. The zero-order valence-corrected chi connectivity index (χ0v) is 25.6. The van der Waals surface area contributed by atoms with Crippen LogP contribution in [0.1, 0.15) is 43.7 Å². The molecular weight excluding hydrogens is 574 g/mol. The molecule has 0 spiro atoms. The van der Waals surface area contributed by atoms with Crippen molar-refractivity contribution in [1.29, 1.82) is 0 Å². The Labute approximate surface area is 253 Å². The van der Waals surface area contributed by atoms with Gasteiger partial charge in [0.05, 0.1) is 18.6 Å². The number of halogens is 1. The second kappa shape index (κ2) is 14.6. The molecule has 224 valence electrons. The smallest absolute Gasteiger partial charge is 0.244 e. The van der Waals surface area contributed by atoms with Crippen LogP contribution in [0.2, 0.25) is 5.02 Å². The zero-order chi connectivity index (χ0) is 30.1. The van der Waals surface area contributed by atoms with E-state index in [0.29, 0.717) is 23.1 Å². The minimum atomic E-state index is -3.85. The number of hydrogen-bond acceptors (Lipinski definition) is 5. The number of rotatable bonds is 13. The molecule has 0 bridgehead atoms. The van der Waals surface area contributed by atoms with Crippen LogP contribution in [0.25, 0.3) is 0 Å². The first-order valence-electron chi connectivity index (χ1n) is 14.2. The largest absolute Gasteiger partial charge is 0.494 e. The topological polar surface area (TPSA) is 96.0 Å². The Hall–Kier alpha value is -3.56. The Morgan fingerprint density at radius 2 is 1.60 bits per heavy atom. The zero-order valence-electron chi connectivity index (χ0n) is 24.0. The third-order valence-corrected chi connectivity index (χ3v) is 8.75. The molecule has 10 heteroatoms. The molecule has 0 unspecified atom stereocenters. The van der Waals surface area contributed by atoms with Gasteiger partial charge in [0.2, 0.25) is 21.8 Å². The fourth-order valence-electron chi connectivity index (χ4n) is 5.20. The maximum atomic E-state index is 14.2. The van der Waals surface area contributed by atoms with E-state index in [1.807, 2.05) is 37.3 Å². The first-order chi connectivity index (χ1) is 20.1. The van der Waals surface area contributed by atoms with Crippen LogP contribution in [0.5, 0.6) is 5.75 Å². The van der Waals surface area contributed by atoms with E-state index in [-0.39, 0.29) is 24.9 Å². The predicted molar refractivity (Wildman–Crippen MR) is 166 cm³/mol. The first kappa shape index (κ1) is 31.4. The summed E-state index contributed by atoms with van der Waals surface area (Å²) in [6.07, 6.45) is 5.23. The molecule has 2 amide bonds. The van der Waals surface area contributed by atoms with Gasteiger partial charge in [-0.1, -0.05) is 66.9 Å². The molecular formula is C32H38ClN3O5S. The molecule has 1 atom stereocenters. The van der Waals surface area contributed by atoms with Crippen LogP contribution in [0.3, 0.4) is 0 Å². The highest BCUT2D eigenvalue weighted by Gasteiger charge is 2.34. The van der Waals surface area contributed by atoms with Gasteiger partial charge in [-0.2, -0.15) is 0 Å². The van der Waals surface area contributed by atoms with E-state index in [1.54, 1.807) is 48.5 Å². The van der Waals surface area contributed by atoms with Crippen LogP contribution >= 0.6 is 11.6 Å². The molecule has 3 aromatic carbocycles. The number of ether oxygens (including phenoxy) is 1. The summed E-state index contributed by atoms with van der Waals surface area (Å²) in [5.74, 6) is -0.149. The average Bonchev–Trinajstić information content (AvgIpc) is 3.48. The minimum Gasteiger partial charge on any atom is -0.494 e. The summed E-state index contributed by atoms with van der Waals surface area (Å²) in [7, 11) is -3.85. The van der Waals surface area contributed by atoms with Gasteiger partial charge in [0.1, 0.15) is 18.3 Å². The molecule has 0 heterocycles. The third-order valence-electron chi connectivity index (χ3n) is 7.35. The molecule has 1 aliphatic carbocycles. The maximum Gasteiger partial charge on any atom is 0.244 e. The Morgan fingerprint density at radius 3 is 2.19 bits per heavy atom. The standard InChI is InChI=1S/C32H38ClN3O5S/c1-3-41-29-19-17-28(18-20-29)36(42(2,39)40)23-31(37)35(22-25-13-15-26(33)16-14-25)30(21-24-9-5-4-6-10-24)32(38)34-27-11-7-8-12-27/h4-6,9-10,13-20,27,30H,3,7-8,11-12,21-23H2,1-2H3,(H,34,38)/t30-/m0/s1. The number of carbonyl (C=O) groups is 2. The number of carbonyl (C=O) groups excluding carboxylic acids is 2. The lowest BCUT2D eigenvalue weighted by Crippen LogP contribution is -2.54. The van der Waals surface area contributed by atoms with E-state index in [0.717, 1.165) is 47.4 Å². The van der Waals surface area contributed by atoms with Gasteiger partial charge in [0.15, 0.2) is 0 Å². The van der Waals surface area contributed by atoms with Crippen molar-refractivity contribution in [2.24, 2.45) is 0 Å². The SMILES string of the molecule is CCOc1ccc(N(CC(=O)N(Cc2ccc(Cl)cc2)[C@@H](Cc2ccccc2)C(=O)NC2CCCC2)S(C)(=O)=O)cc1. The molecule has 0 aromatic heterocycles. The number of nitrogens with zero attached hydrogens (tertiary/aromatic N) is 2. The monoisotopic (exact) mass is 611 g/mol. The van der Waals surface area contributed by atoms with Crippen molar-refractivity contribution in [3.8, 4) is 5.75 Å². The van der Waals surface area contributed by atoms with Gasteiger partial charge >= 0.3 is 0 Å². The van der Waals surface area contributed by atoms with Crippen LogP contribution in [0.15, 0.2) is 78.9 Å². The minimum absolute atomic E-state index is 0.0552. The van der Waals surface area contributed by atoms with Crippen molar-refractivity contribution >= 4 is 39.1 Å². The molecule has 1 N–H and O–H groups in total. The summed E-state index contributed by atoms with van der Waals surface area (Å²) in [5.41, 5.74) is 1.99. The molecule has 42 heavy (non-hydrogen) atoms. The van der Waals surface area contributed by atoms with Gasteiger partial charge in [0.25, 0.3) is 0 Å². The lowest BCUT2D eigenvalue weighted by atomic mass is 10.0. The van der Waals surface area contributed by atoms with Crippen LogP contribution in [-0.2, 0) is 32.6 Å². The van der Waals surface area contributed by atoms with Gasteiger partial charge in [-0.05, 0) is 67.3 Å². The number of hydrogen-bond donors (Lipinski definition) is 1. The van der Waals surface area contributed by atoms with Crippen molar-refractivity contribution in [2.75, 3.05) is 23.7 Å². The quantitative estimate of drug-likeness (QED) is 0.286. The second-order valence-electron chi connectivity index (χ2n) is 10.5. The maximum absolute atomic E-state index is 14.2. The average molecular weight is 612 g/mol. The first-order valence-corrected chi connectivity index (χ1v) is 16.5. The molecule has 0 aliphatic heterocycles. The Morgan fingerprint density at radius 1 is 0.952 bits per heavy atom. The van der Waals surface area contributed by atoms with Crippen LogP contribution in [-0.4, -0.2) is 56.6 Å². The summed E-state index contributed by atoms with van der Waals surface area (Å²) in [6, 6.07) is 22.3. The number of anilines is 1. The van der Waals surface area contributed by atoms with E-state index < -0.39 is 28.5 Å². The molecule has 1 fully saturated rings. The van der Waals surface area contributed by atoms with E-state index in [2.05, 4.69) is 5.32 Å². The van der Waals surface area contributed by atoms with Gasteiger partial charge in [-0.25, -0.2) is 8.42 Å². The second-order valence-corrected chi connectivity index (χ2v) is 12.9. The number of benzene rings is 3. The third kappa shape index (κ3) is 8.72. The lowest BCUT2D eigenvalue weighted by Gasteiger charge is -2.34. The highest BCUT2D eigenvalue weighted by Crippen LogP contribution is 2.24. The Bertz CT molecular complexity index is 1430. The van der Waals surface area contributed by atoms with Gasteiger partial charge in [-0.3, -0.25) is 13.9 Å². The molecule has 1 aliphatic rings. The summed E-state index contributed by atoms with van der Waals surface area (Å²) in [6.45, 7) is 1.97. The highest BCUT2D eigenvalue weighted by molar-refractivity contribution is 7.92. The normalized spacial score (nSPS) is 14.3. The molecule has 4 rings (SSSR count). The lowest BCUT2D eigenvalue weighted by molar-refractivity contribution is -0.140. The summed E-state index contributed by atoms with van der Waals surface area (Å²) < 4.78 is 32.5.